The van der Waals surface area contributed by atoms with Crippen molar-refractivity contribution < 1.29 is 58.1 Å². The molecule has 0 aliphatic heterocycles. The van der Waals surface area contributed by atoms with Crippen LogP contribution in [-0.2, 0) is 22.4 Å². The van der Waals surface area contributed by atoms with Crippen molar-refractivity contribution >= 4 is 23.1 Å². The maximum absolute atomic E-state index is 8.93. The summed E-state index contributed by atoms with van der Waals surface area (Å²) in [5.74, 6) is 0. The molecule has 0 spiro atoms. The Morgan fingerprint density at radius 2 is 0.348 bits per heavy atom. The van der Waals surface area contributed by atoms with Crippen LogP contribution in [-0.4, -0.2) is 69.3 Å². The summed E-state index contributed by atoms with van der Waals surface area (Å²) in [7, 11) is 0. The minimum atomic E-state index is 0. The van der Waals surface area contributed by atoms with Crippen molar-refractivity contribution in [3.05, 3.63) is 0 Å². The monoisotopic (exact) mass is 520 g/mol. The molecule has 140 valence electrons. The van der Waals surface area contributed by atoms with Gasteiger partial charge in [0.2, 0.25) is 0 Å². The first kappa shape index (κ1) is 56.4. The smallest absolute Gasteiger partial charge is 0.855 e. The van der Waals surface area contributed by atoms with Gasteiger partial charge in [0, 0.05) is 0 Å². The van der Waals surface area contributed by atoms with Gasteiger partial charge in [-0.3, -0.25) is 0 Å². The van der Waals surface area contributed by atoms with E-state index in [1.807, 2.05) is 0 Å². The van der Waals surface area contributed by atoms with E-state index in [1.165, 1.54) is 0 Å². The van der Waals surface area contributed by atoms with Crippen molar-refractivity contribution in [1.82, 2.24) is 0 Å². The predicted octanol–water partition coefficient (Wildman–Crippen LogP) is -4.82. The van der Waals surface area contributed by atoms with Crippen LogP contribution >= 0.6 is 0 Å². The Bertz CT molecular complexity index is 50.7. The summed E-state index contributed by atoms with van der Waals surface area (Å²) in [6.07, 6.45) is 0. The van der Waals surface area contributed by atoms with Gasteiger partial charge in [-0.05, 0) is 0 Å². The fourth-order valence-corrected chi connectivity index (χ4v) is 0. The summed E-state index contributed by atoms with van der Waals surface area (Å²) in [6, 6.07) is 0. The molecule has 0 fully saturated rings. The molecule has 0 heterocycles. The topological polar surface area (TPSA) is 161 Å². The van der Waals surface area contributed by atoms with E-state index in [0.717, 1.165) is 0 Å². The van der Waals surface area contributed by atoms with Gasteiger partial charge in [0.25, 0.3) is 0 Å². The van der Waals surface area contributed by atoms with Crippen LogP contribution in [0.5, 0.6) is 0 Å². The van der Waals surface area contributed by atoms with Crippen molar-refractivity contribution in [3.8, 4) is 0 Å². The zero-order valence-electron chi connectivity index (χ0n) is 16.0. The molecule has 0 bridgehead atoms. The molecule has 0 saturated heterocycles. The second kappa shape index (κ2) is 170. The molecule has 0 rings (SSSR count). The van der Waals surface area contributed by atoms with Crippen molar-refractivity contribution in [3.63, 3.8) is 0 Å². The molecule has 0 aliphatic carbocycles. The van der Waals surface area contributed by atoms with Crippen molar-refractivity contribution in [2.24, 2.45) is 0 Å². The average Bonchev–Trinajstić information content (AvgIpc) is 2.35. The third kappa shape index (κ3) is 6960. The van der Waals surface area contributed by atoms with Gasteiger partial charge in [-0.25, -0.2) is 0 Å². The van der Waals surface area contributed by atoms with E-state index in [0.29, 0.717) is 0 Å². The van der Waals surface area contributed by atoms with Crippen LogP contribution in [0.25, 0.3) is 0 Å². The quantitative estimate of drug-likeness (QED) is 0.289. The van der Waals surface area contributed by atoms with E-state index in [2.05, 4.69) is 0 Å². The summed E-state index contributed by atoms with van der Waals surface area (Å²) >= 11 is 0. The predicted molar refractivity (Wildman–Crippen MR) is 79.5 cm³/mol. The normalized spacial score (nSPS) is 5.48. The molecule has 0 atom stereocenters. The van der Waals surface area contributed by atoms with Crippen LogP contribution in [0.2, 0.25) is 0 Å². The van der Waals surface area contributed by atoms with Crippen molar-refractivity contribution in [1.29, 1.82) is 0 Å². The van der Waals surface area contributed by atoms with E-state index < -0.39 is 0 Å². The molecule has 0 aromatic heterocycles. The molecule has 0 unspecified atom stereocenters. The van der Waals surface area contributed by atoms with Gasteiger partial charge in [0.15, 0.2) is 0 Å². The van der Waals surface area contributed by atoms with E-state index in [4.69, 9.17) is 35.7 Å². The molecule has 0 radical (unpaired) electrons. The summed E-state index contributed by atoms with van der Waals surface area (Å²) in [5.41, 5.74) is 0. The Hall–Kier alpha value is 1.23. The Kier molecular flexibility index (Phi) is 416. The Labute approximate surface area is 175 Å². The largest absolute Gasteiger partial charge is 5.00 e. The number of hydrogen-bond acceptors (Lipinski definition) is 7. The average molecular weight is 521 g/mol. The minimum Gasteiger partial charge on any atom is -0.855 e. The summed E-state index contributed by atoms with van der Waals surface area (Å²) in [4.78, 5) is 0. The molecule has 0 aromatic rings. The van der Waals surface area contributed by atoms with Gasteiger partial charge in [0.05, 0.1) is 0 Å². The maximum atomic E-state index is 8.93. The third-order valence-electron chi connectivity index (χ3n) is 0. The first-order chi connectivity index (χ1) is 9.90. The maximum Gasteiger partial charge on any atom is 5.00 e. The SMILES string of the molecule is CC[O-].CC[O-].CC[O-].CC[O-].CC[O-].CC[O-].CC[O-].[Mg+2].[Ta+5]. The third-order valence-corrected chi connectivity index (χ3v) is 0. The van der Waals surface area contributed by atoms with Crippen LogP contribution in [0.3, 0.4) is 0 Å². The molecule has 0 aromatic carbocycles. The number of rotatable bonds is 0. The van der Waals surface area contributed by atoms with Crippen LogP contribution in [0, 0.1) is 0 Å². The Morgan fingerprint density at radius 3 is 0.348 bits per heavy atom. The second-order valence-electron chi connectivity index (χ2n) is 2.02. The van der Waals surface area contributed by atoms with Gasteiger partial charge >= 0.3 is 45.4 Å². The van der Waals surface area contributed by atoms with Gasteiger partial charge in [-0.1, -0.05) is 48.5 Å². The molecule has 0 amide bonds. The van der Waals surface area contributed by atoms with Crippen LogP contribution in [0.1, 0.15) is 48.5 Å². The summed E-state index contributed by atoms with van der Waals surface area (Å²) < 4.78 is 0. The van der Waals surface area contributed by atoms with Crippen LogP contribution in [0.15, 0.2) is 0 Å². The molecule has 0 N–H and O–H groups in total. The first-order valence-corrected chi connectivity index (χ1v) is 6.97. The van der Waals surface area contributed by atoms with E-state index in [-0.39, 0.29) is 91.7 Å². The zero-order valence-corrected chi connectivity index (χ0v) is 20.6. The van der Waals surface area contributed by atoms with Crippen LogP contribution in [0.4, 0.5) is 0 Å². The van der Waals surface area contributed by atoms with Gasteiger partial charge in [-0.2, -0.15) is 0 Å². The molecule has 7 nitrogen and oxygen atoms in total. The molecule has 0 aliphatic rings. The fourth-order valence-electron chi connectivity index (χ4n) is 0. The van der Waals surface area contributed by atoms with Crippen molar-refractivity contribution in [2.45, 2.75) is 48.5 Å². The molecular formula is C14H35MgO7Ta. The Balaban J connectivity index is -0.0000000140. The van der Waals surface area contributed by atoms with E-state index >= 15 is 0 Å². The van der Waals surface area contributed by atoms with E-state index in [9.17, 15) is 0 Å². The summed E-state index contributed by atoms with van der Waals surface area (Å²) in [5, 5.41) is 62.5. The van der Waals surface area contributed by atoms with Crippen molar-refractivity contribution in [2.75, 3.05) is 46.2 Å². The Morgan fingerprint density at radius 1 is 0.348 bits per heavy atom. The van der Waals surface area contributed by atoms with Gasteiger partial charge in [-0.15, -0.1) is 46.2 Å². The fraction of sp³-hybridized carbons (Fsp3) is 1.00. The summed E-state index contributed by atoms with van der Waals surface area (Å²) in [6.45, 7) is 11.0. The van der Waals surface area contributed by atoms with Gasteiger partial charge in [0.1, 0.15) is 0 Å². The van der Waals surface area contributed by atoms with Crippen LogP contribution < -0.4 is 35.7 Å². The van der Waals surface area contributed by atoms with E-state index in [1.54, 1.807) is 48.5 Å². The first-order valence-electron chi connectivity index (χ1n) is 6.97. The van der Waals surface area contributed by atoms with Gasteiger partial charge < -0.3 is 35.7 Å². The standard InChI is InChI=1S/7C2H5O.Mg.Ta/c7*1-2-3;;/h7*2H2,1H3;;/q7*-1;+2;+5. The zero-order chi connectivity index (χ0) is 18.9. The minimum absolute atomic E-state index is 0. The molecule has 0 saturated carbocycles. The molecule has 9 heteroatoms. The number of hydrogen-bond donors (Lipinski definition) is 0. The molecule has 23 heavy (non-hydrogen) atoms. The molecular weight excluding hydrogens is 485 g/mol. The second-order valence-corrected chi connectivity index (χ2v) is 2.02.